The molecule has 226 valence electrons. The average molecular weight is 604 g/mol. The van der Waals surface area contributed by atoms with E-state index in [1.54, 1.807) is 12.1 Å². The van der Waals surface area contributed by atoms with Crippen LogP contribution < -0.4 is 28.6 Å². The molecule has 0 fully saturated rings. The minimum absolute atomic E-state index is 0.00146. The Morgan fingerprint density at radius 1 is 0.881 bits per heavy atom. The first-order chi connectivity index (χ1) is 20.0. The van der Waals surface area contributed by atoms with E-state index in [1.165, 1.54) is 90.9 Å². The van der Waals surface area contributed by atoms with Crippen LogP contribution in [0.5, 0.6) is 23.0 Å². The van der Waals surface area contributed by atoms with Crippen molar-refractivity contribution in [3.05, 3.63) is 72.0 Å². The summed E-state index contributed by atoms with van der Waals surface area (Å²) >= 11 is 0. The molecule has 1 atom stereocenters. The number of anilines is 1. The lowest BCUT2D eigenvalue weighted by Gasteiger charge is -2.32. The zero-order valence-corrected chi connectivity index (χ0v) is 25.0. The first-order valence-electron chi connectivity index (χ1n) is 12.7. The number of carbonyl (C=O) groups is 2. The molecule has 0 aliphatic heterocycles. The number of carbonyl (C=O) groups excluding carboxylic acids is 2. The van der Waals surface area contributed by atoms with Crippen LogP contribution in [0.3, 0.4) is 0 Å². The van der Waals surface area contributed by atoms with E-state index < -0.39 is 40.2 Å². The fourth-order valence-corrected chi connectivity index (χ4v) is 5.64. The summed E-state index contributed by atoms with van der Waals surface area (Å²) in [6.07, 6.45) is 0. The maximum atomic E-state index is 14.6. The number of sulfonamides is 1. The van der Waals surface area contributed by atoms with Gasteiger partial charge in [0.25, 0.3) is 10.0 Å². The molecule has 0 heterocycles. The molecule has 3 aromatic rings. The molecule has 0 aliphatic carbocycles. The number of rotatable bonds is 13. The van der Waals surface area contributed by atoms with Gasteiger partial charge in [-0.3, -0.25) is 13.9 Å². The predicted molar refractivity (Wildman–Crippen MR) is 154 cm³/mol. The Morgan fingerprint density at radius 2 is 1.52 bits per heavy atom. The number of hydrogen-bond donors (Lipinski definition) is 1. The Balaban J connectivity index is 2.18. The summed E-state index contributed by atoms with van der Waals surface area (Å²) in [6, 6.07) is 13.2. The molecule has 0 aromatic heterocycles. The maximum absolute atomic E-state index is 14.6. The third-order valence-corrected chi connectivity index (χ3v) is 8.34. The lowest BCUT2D eigenvalue weighted by molar-refractivity contribution is -0.139. The van der Waals surface area contributed by atoms with E-state index in [-0.39, 0.29) is 34.2 Å². The number of likely N-dealkylation sites (N-methyl/N-ethyl adjacent to an activating group) is 1. The second kappa shape index (κ2) is 13.9. The average Bonchev–Trinajstić information content (AvgIpc) is 3.01. The summed E-state index contributed by atoms with van der Waals surface area (Å²) in [7, 11) is 2.45. The van der Waals surface area contributed by atoms with Gasteiger partial charge in [0, 0.05) is 31.3 Å². The van der Waals surface area contributed by atoms with E-state index in [4.69, 9.17) is 18.9 Å². The van der Waals surface area contributed by atoms with Crippen LogP contribution in [-0.4, -0.2) is 73.2 Å². The van der Waals surface area contributed by atoms with Crippen molar-refractivity contribution in [2.75, 3.05) is 46.3 Å². The van der Waals surface area contributed by atoms with Crippen molar-refractivity contribution < 1.29 is 41.3 Å². The Hall–Kier alpha value is -4.52. The number of amides is 2. The van der Waals surface area contributed by atoms with Crippen molar-refractivity contribution in [2.45, 2.75) is 24.4 Å². The Morgan fingerprint density at radius 3 is 2.12 bits per heavy atom. The topological polar surface area (TPSA) is 124 Å². The summed E-state index contributed by atoms with van der Waals surface area (Å²) < 4.78 is 65.2. The van der Waals surface area contributed by atoms with Crippen LogP contribution in [0.1, 0.15) is 12.5 Å². The van der Waals surface area contributed by atoms with Crippen molar-refractivity contribution in [3.63, 3.8) is 0 Å². The predicted octanol–water partition coefficient (Wildman–Crippen LogP) is 3.22. The third kappa shape index (κ3) is 6.85. The number of nitrogens with zero attached hydrogens (tertiary/aromatic N) is 2. The Labute approximate surface area is 244 Å². The molecule has 1 N–H and O–H groups in total. The molecule has 13 heteroatoms. The highest BCUT2D eigenvalue weighted by atomic mass is 32.2. The normalized spacial score (nSPS) is 11.7. The van der Waals surface area contributed by atoms with E-state index in [9.17, 15) is 22.4 Å². The van der Waals surface area contributed by atoms with Crippen molar-refractivity contribution >= 4 is 27.5 Å². The fourth-order valence-electron chi connectivity index (χ4n) is 4.21. The zero-order chi connectivity index (χ0) is 31.0. The van der Waals surface area contributed by atoms with Gasteiger partial charge in [-0.1, -0.05) is 18.2 Å². The molecule has 0 saturated heterocycles. The first kappa shape index (κ1) is 32.0. The number of nitrogens with one attached hydrogen (secondary N) is 1. The minimum atomic E-state index is -4.49. The number of hydrogen-bond acceptors (Lipinski definition) is 8. The Bertz CT molecular complexity index is 1530. The SMILES string of the molecule is CNC(=O)[C@@H](C)N(Cc1ccccc1F)C(=O)CN(c1cc(OC)ccc1OC)S(=O)(=O)c1ccc(OC)c(OC)c1. The van der Waals surface area contributed by atoms with Crippen LogP contribution in [0.15, 0.2) is 65.6 Å². The van der Waals surface area contributed by atoms with Crippen molar-refractivity contribution in [1.29, 1.82) is 0 Å². The van der Waals surface area contributed by atoms with E-state index in [0.717, 1.165) is 9.21 Å². The lowest BCUT2D eigenvalue weighted by atomic mass is 10.1. The monoisotopic (exact) mass is 603 g/mol. The highest BCUT2D eigenvalue weighted by molar-refractivity contribution is 7.92. The summed E-state index contributed by atoms with van der Waals surface area (Å²) in [5, 5.41) is 2.48. The molecule has 2 amide bonds. The van der Waals surface area contributed by atoms with Gasteiger partial charge < -0.3 is 29.2 Å². The molecular weight excluding hydrogens is 569 g/mol. The number of methoxy groups -OCH3 is 4. The molecular formula is C29H34FN3O8S. The molecule has 0 unspecified atom stereocenters. The van der Waals surface area contributed by atoms with Crippen LogP contribution in [0.25, 0.3) is 0 Å². The maximum Gasteiger partial charge on any atom is 0.265 e. The van der Waals surface area contributed by atoms with Crippen LogP contribution >= 0.6 is 0 Å². The molecule has 11 nitrogen and oxygen atoms in total. The number of halogens is 1. The van der Waals surface area contributed by atoms with Gasteiger partial charge in [-0.15, -0.1) is 0 Å². The molecule has 3 aromatic carbocycles. The van der Waals surface area contributed by atoms with Gasteiger partial charge in [0.2, 0.25) is 11.8 Å². The fraction of sp³-hybridized carbons (Fsp3) is 0.310. The van der Waals surface area contributed by atoms with Gasteiger partial charge in [-0.2, -0.15) is 0 Å². The minimum Gasteiger partial charge on any atom is -0.497 e. The second-order valence-corrected chi connectivity index (χ2v) is 10.8. The van der Waals surface area contributed by atoms with Crippen molar-refractivity contribution in [3.8, 4) is 23.0 Å². The standard InChI is InChI=1S/C29H34FN3O8S/c1-19(29(35)31-2)32(17-20-9-7-8-10-23(20)30)28(34)18-33(24-15-21(38-3)11-13-25(24)39-4)42(36,37)22-12-14-26(40-5)27(16-22)41-6/h7-16,19H,17-18H2,1-6H3,(H,31,35)/t19-/m1/s1. The van der Waals surface area contributed by atoms with Gasteiger partial charge in [0.05, 0.1) is 39.0 Å². The van der Waals surface area contributed by atoms with Gasteiger partial charge >= 0.3 is 0 Å². The van der Waals surface area contributed by atoms with Gasteiger partial charge in [0.1, 0.15) is 29.9 Å². The van der Waals surface area contributed by atoms with Crippen LogP contribution in [-0.2, 0) is 26.2 Å². The molecule has 0 saturated carbocycles. The smallest absolute Gasteiger partial charge is 0.265 e. The molecule has 0 radical (unpaired) electrons. The lowest BCUT2D eigenvalue weighted by Crippen LogP contribution is -2.50. The number of ether oxygens (including phenoxy) is 4. The van der Waals surface area contributed by atoms with E-state index in [2.05, 4.69) is 5.32 Å². The van der Waals surface area contributed by atoms with Gasteiger partial charge in [-0.05, 0) is 37.3 Å². The summed E-state index contributed by atoms with van der Waals surface area (Å²) in [5.74, 6) is -0.995. The molecule has 0 bridgehead atoms. The molecule has 3 rings (SSSR count). The summed E-state index contributed by atoms with van der Waals surface area (Å²) in [5.41, 5.74) is 0.147. The number of benzene rings is 3. The molecule has 0 aliphatic rings. The van der Waals surface area contributed by atoms with E-state index >= 15 is 0 Å². The van der Waals surface area contributed by atoms with Crippen LogP contribution in [0, 0.1) is 5.82 Å². The van der Waals surface area contributed by atoms with Gasteiger partial charge in [0.15, 0.2) is 11.5 Å². The van der Waals surface area contributed by atoms with Gasteiger partial charge in [-0.25, -0.2) is 12.8 Å². The second-order valence-electron chi connectivity index (χ2n) is 8.97. The van der Waals surface area contributed by atoms with Crippen molar-refractivity contribution in [2.24, 2.45) is 0 Å². The third-order valence-electron chi connectivity index (χ3n) is 6.59. The van der Waals surface area contributed by atoms with Crippen LogP contribution in [0.4, 0.5) is 10.1 Å². The molecule has 0 spiro atoms. The molecule has 42 heavy (non-hydrogen) atoms. The quantitative estimate of drug-likeness (QED) is 0.316. The highest BCUT2D eigenvalue weighted by Gasteiger charge is 2.34. The van der Waals surface area contributed by atoms with E-state index in [0.29, 0.717) is 11.5 Å². The Kier molecular flexibility index (Phi) is 10.6. The summed E-state index contributed by atoms with van der Waals surface area (Å²) in [6.45, 7) is 0.409. The van der Waals surface area contributed by atoms with E-state index in [1.807, 2.05) is 0 Å². The summed E-state index contributed by atoms with van der Waals surface area (Å²) in [4.78, 5) is 27.5. The van der Waals surface area contributed by atoms with Crippen molar-refractivity contribution in [1.82, 2.24) is 10.2 Å². The largest absolute Gasteiger partial charge is 0.497 e. The first-order valence-corrected chi connectivity index (χ1v) is 14.2. The highest BCUT2D eigenvalue weighted by Crippen LogP contribution is 2.37. The van der Waals surface area contributed by atoms with Crippen LogP contribution in [0.2, 0.25) is 0 Å². The zero-order valence-electron chi connectivity index (χ0n) is 24.2.